The van der Waals surface area contributed by atoms with Gasteiger partial charge in [-0.2, -0.15) is 0 Å². The van der Waals surface area contributed by atoms with Gasteiger partial charge in [0.05, 0.1) is 16.7 Å². The van der Waals surface area contributed by atoms with E-state index in [2.05, 4.69) is 10.3 Å². The van der Waals surface area contributed by atoms with E-state index in [4.69, 9.17) is 0 Å². The molecule has 1 atom stereocenters. The second kappa shape index (κ2) is 5.69. The third-order valence-electron chi connectivity index (χ3n) is 3.52. The molecule has 0 saturated heterocycles. The van der Waals surface area contributed by atoms with Crippen molar-refractivity contribution in [2.75, 3.05) is 6.54 Å². The minimum Gasteiger partial charge on any atom is -0.327 e. The number of nitrogens with zero attached hydrogens (tertiary/aromatic N) is 2. The molecule has 1 aromatic heterocycles. The van der Waals surface area contributed by atoms with Gasteiger partial charge in [0.1, 0.15) is 0 Å². The molecule has 0 radical (unpaired) electrons. The summed E-state index contributed by atoms with van der Waals surface area (Å²) in [5, 5.41) is 6.14. The Labute approximate surface area is 128 Å². The van der Waals surface area contributed by atoms with Gasteiger partial charge >= 0.3 is 6.03 Å². The lowest BCUT2D eigenvalue weighted by molar-refractivity contribution is 0.212. The van der Waals surface area contributed by atoms with Crippen molar-refractivity contribution in [1.29, 1.82) is 0 Å². The molecule has 0 fully saturated rings. The van der Waals surface area contributed by atoms with E-state index in [1.54, 1.807) is 16.2 Å². The number of benzene rings is 1. The summed E-state index contributed by atoms with van der Waals surface area (Å²) in [6.07, 6.45) is 1.92. The summed E-state index contributed by atoms with van der Waals surface area (Å²) >= 11 is 1.62. The molecule has 1 aliphatic heterocycles. The Morgan fingerprint density at radius 1 is 1.33 bits per heavy atom. The summed E-state index contributed by atoms with van der Waals surface area (Å²) in [6.45, 7) is 4.59. The Balaban J connectivity index is 2.06. The van der Waals surface area contributed by atoms with Gasteiger partial charge in [0.2, 0.25) is 0 Å². The molecule has 3 rings (SSSR count). The molecule has 2 aromatic rings. The fourth-order valence-corrected chi connectivity index (χ4v) is 3.06. The van der Waals surface area contributed by atoms with Gasteiger partial charge < -0.3 is 10.2 Å². The molecular formula is C16H17N3OS. The topological polar surface area (TPSA) is 45.2 Å². The average molecular weight is 299 g/mol. The van der Waals surface area contributed by atoms with Crippen LogP contribution in [0.15, 0.2) is 41.9 Å². The van der Waals surface area contributed by atoms with Crippen LogP contribution in [0.2, 0.25) is 0 Å². The van der Waals surface area contributed by atoms with Crippen LogP contribution < -0.4 is 5.32 Å². The van der Waals surface area contributed by atoms with Crippen molar-refractivity contribution < 1.29 is 4.79 Å². The van der Waals surface area contributed by atoms with Crippen LogP contribution in [0.4, 0.5) is 4.79 Å². The molecule has 0 saturated carbocycles. The SMILES string of the molecule is CCN1C=C(c2csc(C)n2)C(c2ccccc2)NC1=O. The van der Waals surface area contributed by atoms with Crippen molar-refractivity contribution in [2.24, 2.45) is 0 Å². The van der Waals surface area contributed by atoms with E-state index in [1.165, 1.54) is 0 Å². The maximum atomic E-state index is 12.1. The van der Waals surface area contributed by atoms with Crippen molar-refractivity contribution >= 4 is 22.9 Å². The quantitative estimate of drug-likeness (QED) is 0.941. The Hall–Kier alpha value is -2.14. The van der Waals surface area contributed by atoms with Crippen molar-refractivity contribution in [1.82, 2.24) is 15.2 Å². The monoisotopic (exact) mass is 299 g/mol. The molecule has 1 N–H and O–H groups in total. The molecule has 1 unspecified atom stereocenters. The molecule has 1 aromatic carbocycles. The fourth-order valence-electron chi connectivity index (χ4n) is 2.44. The zero-order chi connectivity index (χ0) is 14.8. The lowest BCUT2D eigenvalue weighted by Gasteiger charge is -2.31. The van der Waals surface area contributed by atoms with Crippen molar-refractivity contribution in [2.45, 2.75) is 19.9 Å². The van der Waals surface area contributed by atoms with E-state index < -0.39 is 0 Å². The number of rotatable bonds is 3. The van der Waals surface area contributed by atoms with Gasteiger partial charge in [-0.05, 0) is 19.4 Å². The smallest absolute Gasteiger partial charge is 0.322 e. The number of hydrogen-bond donors (Lipinski definition) is 1. The third kappa shape index (κ3) is 2.69. The number of nitrogens with one attached hydrogen (secondary N) is 1. The van der Waals surface area contributed by atoms with Crippen molar-refractivity contribution in [3.05, 3.63) is 58.2 Å². The zero-order valence-electron chi connectivity index (χ0n) is 12.0. The van der Waals surface area contributed by atoms with Crippen LogP contribution in [-0.2, 0) is 0 Å². The minimum atomic E-state index is -0.150. The predicted molar refractivity (Wildman–Crippen MR) is 84.9 cm³/mol. The van der Waals surface area contributed by atoms with Gasteiger partial charge in [-0.25, -0.2) is 9.78 Å². The summed E-state index contributed by atoms with van der Waals surface area (Å²) < 4.78 is 0. The normalized spacial score (nSPS) is 18.4. The number of amides is 2. The van der Waals surface area contributed by atoms with E-state index in [-0.39, 0.29) is 12.1 Å². The van der Waals surface area contributed by atoms with Gasteiger partial charge in [0.15, 0.2) is 0 Å². The number of carbonyl (C=O) groups is 1. The molecule has 0 spiro atoms. The summed E-state index contributed by atoms with van der Waals surface area (Å²) in [5.41, 5.74) is 3.04. The summed E-state index contributed by atoms with van der Waals surface area (Å²) in [4.78, 5) is 18.4. The second-order valence-electron chi connectivity index (χ2n) is 4.92. The van der Waals surface area contributed by atoms with Crippen LogP contribution >= 0.6 is 11.3 Å². The van der Waals surface area contributed by atoms with Crippen LogP contribution in [0, 0.1) is 6.92 Å². The Morgan fingerprint density at radius 2 is 2.10 bits per heavy atom. The molecule has 2 heterocycles. The van der Waals surface area contributed by atoms with E-state index >= 15 is 0 Å². The molecule has 2 amide bonds. The number of aryl methyl sites for hydroxylation is 1. The molecule has 21 heavy (non-hydrogen) atoms. The summed E-state index contributed by atoms with van der Waals surface area (Å²) in [5.74, 6) is 0. The van der Waals surface area contributed by atoms with E-state index in [0.717, 1.165) is 21.8 Å². The molecule has 1 aliphatic rings. The highest BCUT2D eigenvalue weighted by Gasteiger charge is 2.29. The molecule has 0 aliphatic carbocycles. The van der Waals surface area contributed by atoms with Crippen molar-refractivity contribution in [3.8, 4) is 0 Å². The molecule has 5 heteroatoms. The van der Waals surface area contributed by atoms with Crippen LogP contribution in [0.5, 0.6) is 0 Å². The Kier molecular flexibility index (Phi) is 3.75. The Bertz CT molecular complexity index is 678. The largest absolute Gasteiger partial charge is 0.327 e. The number of hydrogen-bond acceptors (Lipinski definition) is 3. The van der Waals surface area contributed by atoms with Gasteiger partial charge in [0, 0.05) is 23.7 Å². The maximum Gasteiger partial charge on any atom is 0.322 e. The van der Waals surface area contributed by atoms with E-state index in [9.17, 15) is 4.79 Å². The summed E-state index contributed by atoms with van der Waals surface area (Å²) in [7, 11) is 0. The van der Waals surface area contributed by atoms with E-state index in [1.807, 2.05) is 55.8 Å². The van der Waals surface area contributed by atoms with Gasteiger partial charge in [-0.15, -0.1) is 11.3 Å². The first-order chi connectivity index (χ1) is 10.2. The number of carbonyl (C=O) groups excluding carboxylic acids is 1. The van der Waals surface area contributed by atoms with Gasteiger partial charge in [-0.1, -0.05) is 30.3 Å². The number of aromatic nitrogens is 1. The highest BCUT2D eigenvalue weighted by molar-refractivity contribution is 7.09. The summed E-state index contributed by atoms with van der Waals surface area (Å²) in [6, 6.07) is 9.78. The highest BCUT2D eigenvalue weighted by atomic mass is 32.1. The second-order valence-corrected chi connectivity index (χ2v) is 5.98. The van der Waals surface area contributed by atoms with Crippen LogP contribution in [0.1, 0.15) is 29.2 Å². The first kappa shape index (κ1) is 13.8. The van der Waals surface area contributed by atoms with Crippen LogP contribution in [-0.4, -0.2) is 22.5 Å². The van der Waals surface area contributed by atoms with E-state index in [0.29, 0.717) is 6.54 Å². The van der Waals surface area contributed by atoms with Gasteiger partial charge in [-0.3, -0.25) is 0 Å². The first-order valence-electron chi connectivity index (χ1n) is 6.95. The average Bonchev–Trinajstić information content (AvgIpc) is 2.94. The lowest BCUT2D eigenvalue weighted by Crippen LogP contribution is -2.43. The van der Waals surface area contributed by atoms with Crippen LogP contribution in [0.25, 0.3) is 5.57 Å². The maximum absolute atomic E-state index is 12.1. The molecule has 108 valence electrons. The van der Waals surface area contributed by atoms with Gasteiger partial charge in [0.25, 0.3) is 0 Å². The third-order valence-corrected chi connectivity index (χ3v) is 4.30. The standard InChI is InChI=1S/C16H17N3OS/c1-3-19-9-13(14-10-21-11(2)17-14)15(18-16(19)20)12-7-5-4-6-8-12/h4-10,15H,3H2,1-2H3,(H,18,20). The molecule has 0 bridgehead atoms. The predicted octanol–water partition coefficient (Wildman–Crippen LogP) is 3.58. The Morgan fingerprint density at radius 3 is 2.71 bits per heavy atom. The highest BCUT2D eigenvalue weighted by Crippen LogP contribution is 2.33. The zero-order valence-corrected chi connectivity index (χ0v) is 12.9. The fraction of sp³-hybridized carbons (Fsp3) is 0.250. The molecular weight excluding hydrogens is 282 g/mol. The first-order valence-corrected chi connectivity index (χ1v) is 7.83. The number of thiazole rings is 1. The number of urea groups is 1. The van der Waals surface area contributed by atoms with Crippen LogP contribution in [0.3, 0.4) is 0 Å². The van der Waals surface area contributed by atoms with Crippen molar-refractivity contribution in [3.63, 3.8) is 0 Å². The lowest BCUT2D eigenvalue weighted by atomic mass is 9.96. The molecule has 4 nitrogen and oxygen atoms in total. The minimum absolute atomic E-state index is 0.0675.